The maximum absolute atomic E-state index is 13.5. The highest BCUT2D eigenvalue weighted by Gasteiger charge is 2.35. The quantitative estimate of drug-likeness (QED) is 0.0445. The Kier molecular flexibility index (Phi) is 15.3. The maximum atomic E-state index is 13.5. The lowest BCUT2D eigenvalue weighted by molar-refractivity contribution is -0.142. The lowest BCUT2D eigenvalue weighted by Crippen LogP contribution is -2.58. The highest BCUT2D eigenvalue weighted by atomic mass is 16.4. The van der Waals surface area contributed by atoms with E-state index in [1.807, 2.05) is 42.5 Å². The second-order valence-electron chi connectivity index (χ2n) is 12.2. The van der Waals surface area contributed by atoms with Crippen LogP contribution >= 0.6 is 0 Å². The standard InChI is InChI=1S/C33H48N8O7/c1-5-19(4)26(41-30(45)25(15-18(2)3)40-33(47)48)27(42)31(46)38-23(11-8-14-37-32(35)36)29(44)39-24(28(34)43)17-20-12-13-21-9-6-7-10-22(21)16-20/h6-7,9-10,12-13,16,18-19,23-26,40H,5,8,11,14-15,17H2,1-4H3,(H2,34,43)(H,38,46)(H,39,44)(H,41,45)(H,47,48)(H4,35,36,37)/t19-,23-,24+,25-,26?/m0/s1. The summed E-state index contributed by atoms with van der Waals surface area (Å²) in [6.07, 6.45) is -0.569. The van der Waals surface area contributed by atoms with Crippen LogP contribution in [-0.4, -0.2) is 77.3 Å². The molecule has 5 amide bonds. The molecule has 2 aromatic rings. The van der Waals surface area contributed by atoms with Gasteiger partial charge in [0.15, 0.2) is 5.96 Å². The molecule has 15 nitrogen and oxygen atoms in total. The van der Waals surface area contributed by atoms with Crippen molar-refractivity contribution in [3.63, 3.8) is 0 Å². The molecule has 11 N–H and O–H groups in total. The van der Waals surface area contributed by atoms with E-state index in [9.17, 15) is 33.9 Å². The smallest absolute Gasteiger partial charge is 0.405 e. The number of carboxylic acid groups (broad SMARTS) is 1. The molecule has 0 fully saturated rings. The fraction of sp³-hybridized carbons (Fsp3) is 0.485. The largest absolute Gasteiger partial charge is 0.465 e. The lowest BCUT2D eigenvalue weighted by atomic mass is 9.93. The number of rotatable bonds is 19. The molecule has 0 radical (unpaired) electrons. The Hall–Kier alpha value is -5.21. The second-order valence-corrected chi connectivity index (χ2v) is 12.2. The van der Waals surface area contributed by atoms with Crippen LogP contribution in [0.4, 0.5) is 4.79 Å². The Balaban J connectivity index is 2.26. The van der Waals surface area contributed by atoms with Crippen LogP contribution in [0.1, 0.15) is 58.9 Å². The molecule has 262 valence electrons. The van der Waals surface area contributed by atoms with E-state index in [1.165, 1.54) is 0 Å². The average Bonchev–Trinajstić information content (AvgIpc) is 3.02. The van der Waals surface area contributed by atoms with E-state index >= 15 is 0 Å². The molecule has 0 saturated heterocycles. The van der Waals surface area contributed by atoms with Crippen LogP contribution in [0.5, 0.6) is 0 Å². The first-order valence-corrected chi connectivity index (χ1v) is 15.9. The minimum Gasteiger partial charge on any atom is -0.465 e. The molecular weight excluding hydrogens is 620 g/mol. The van der Waals surface area contributed by atoms with Gasteiger partial charge in [0.1, 0.15) is 18.1 Å². The zero-order chi connectivity index (χ0) is 36.0. The van der Waals surface area contributed by atoms with Gasteiger partial charge in [0.2, 0.25) is 23.5 Å². The van der Waals surface area contributed by atoms with Crippen LogP contribution in [0, 0.1) is 17.2 Å². The number of benzene rings is 2. The molecule has 2 aromatic carbocycles. The second kappa shape index (κ2) is 18.8. The molecule has 2 rings (SSSR count). The first-order valence-electron chi connectivity index (χ1n) is 15.9. The van der Waals surface area contributed by atoms with E-state index in [0.717, 1.165) is 16.3 Å². The van der Waals surface area contributed by atoms with Crippen molar-refractivity contribution in [2.24, 2.45) is 23.3 Å². The van der Waals surface area contributed by atoms with Crippen LogP contribution < -0.4 is 38.1 Å². The normalized spacial score (nSPS) is 14.1. The van der Waals surface area contributed by atoms with Gasteiger partial charge in [-0.2, -0.15) is 0 Å². The first kappa shape index (κ1) is 39.0. The summed E-state index contributed by atoms with van der Waals surface area (Å²) in [5, 5.41) is 30.8. The van der Waals surface area contributed by atoms with Crippen molar-refractivity contribution in [2.75, 3.05) is 6.54 Å². The van der Waals surface area contributed by atoms with E-state index in [-0.39, 0.29) is 44.1 Å². The maximum Gasteiger partial charge on any atom is 0.405 e. The Bertz CT molecular complexity index is 1480. The fourth-order valence-electron chi connectivity index (χ4n) is 5.07. The van der Waals surface area contributed by atoms with Gasteiger partial charge in [0, 0.05) is 13.0 Å². The zero-order valence-corrected chi connectivity index (χ0v) is 27.8. The first-order chi connectivity index (χ1) is 22.6. The molecule has 0 saturated carbocycles. The van der Waals surface area contributed by atoms with Gasteiger partial charge in [0.05, 0.1) is 6.04 Å². The van der Waals surface area contributed by atoms with Gasteiger partial charge in [-0.15, -0.1) is 0 Å². The van der Waals surface area contributed by atoms with E-state index in [4.69, 9.17) is 16.9 Å². The summed E-state index contributed by atoms with van der Waals surface area (Å²) in [7, 11) is 0. The number of ketones is 1. The van der Waals surface area contributed by atoms with Gasteiger partial charge in [-0.1, -0.05) is 76.6 Å². The van der Waals surface area contributed by atoms with Crippen LogP contribution in [0.25, 0.3) is 10.8 Å². The van der Waals surface area contributed by atoms with Crippen molar-refractivity contribution < 1.29 is 33.9 Å². The van der Waals surface area contributed by atoms with Crippen LogP contribution in [0.2, 0.25) is 0 Å². The summed E-state index contributed by atoms with van der Waals surface area (Å²) < 4.78 is 0. The molecular formula is C33H48N8O7. The van der Waals surface area contributed by atoms with Crippen molar-refractivity contribution >= 4 is 52.2 Å². The number of amides is 5. The van der Waals surface area contributed by atoms with Crippen LogP contribution in [0.15, 0.2) is 42.5 Å². The number of nitrogens with one attached hydrogen (secondary N) is 6. The third-order valence-electron chi connectivity index (χ3n) is 7.86. The van der Waals surface area contributed by atoms with Gasteiger partial charge in [0.25, 0.3) is 5.91 Å². The average molecular weight is 669 g/mol. The monoisotopic (exact) mass is 668 g/mol. The van der Waals surface area contributed by atoms with Crippen molar-refractivity contribution in [3.8, 4) is 0 Å². The molecule has 5 atom stereocenters. The topological polar surface area (TPSA) is 259 Å². The van der Waals surface area contributed by atoms with Crippen molar-refractivity contribution in [3.05, 3.63) is 48.0 Å². The van der Waals surface area contributed by atoms with Crippen LogP contribution in [-0.2, 0) is 30.4 Å². The van der Waals surface area contributed by atoms with Gasteiger partial charge in [-0.05, 0) is 47.4 Å². The zero-order valence-electron chi connectivity index (χ0n) is 27.8. The molecule has 0 bridgehead atoms. The minimum absolute atomic E-state index is 0.00800. The summed E-state index contributed by atoms with van der Waals surface area (Å²) >= 11 is 0. The summed E-state index contributed by atoms with van der Waals surface area (Å²) in [6.45, 7) is 7.19. The van der Waals surface area contributed by atoms with Gasteiger partial charge in [-0.3, -0.25) is 29.4 Å². The molecule has 0 aromatic heterocycles. The van der Waals surface area contributed by atoms with Gasteiger partial charge >= 0.3 is 6.09 Å². The third kappa shape index (κ3) is 12.5. The molecule has 48 heavy (non-hydrogen) atoms. The molecule has 0 spiro atoms. The van der Waals surface area contributed by atoms with Crippen molar-refractivity contribution in [1.82, 2.24) is 26.6 Å². The molecule has 0 aliphatic carbocycles. The Labute approximate surface area is 279 Å². The summed E-state index contributed by atoms with van der Waals surface area (Å²) in [4.78, 5) is 77.1. The number of primary amides is 1. The number of carbonyl (C=O) groups excluding carboxylic acids is 5. The number of fused-ring (bicyclic) bond motifs is 1. The predicted molar refractivity (Wildman–Crippen MR) is 181 cm³/mol. The Morgan fingerprint density at radius 2 is 1.48 bits per heavy atom. The highest BCUT2D eigenvalue weighted by Crippen LogP contribution is 2.17. The Morgan fingerprint density at radius 1 is 0.833 bits per heavy atom. The summed E-state index contributed by atoms with van der Waals surface area (Å²) in [5.74, 6) is -5.40. The van der Waals surface area contributed by atoms with Gasteiger partial charge in [-0.25, -0.2) is 4.79 Å². The number of nitrogens with two attached hydrogens (primary N) is 2. The minimum atomic E-state index is -1.41. The van der Waals surface area contributed by atoms with E-state index in [0.29, 0.717) is 6.42 Å². The molecule has 0 heterocycles. The number of carbonyl (C=O) groups is 6. The molecule has 0 aliphatic heterocycles. The summed E-state index contributed by atoms with van der Waals surface area (Å²) in [6, 6.07) is 8.29. The van der Waals surface area contributed by atoms with Gasteiger partial charge < -0.3 is 43.2 Å². The lowest BCUT2D eigenvalue weighted by Gasteiger charge is -2.27. The van der Waals surface area contributed by atoms with E-state index in [1.54, 1.807) is 27.7 Å². The molecule has 0 aliphatic rings. The SMILES string of the molecule is CC[C@H](C)C(NC(=O)[C@H](CC(C)C)NC(=O)O)C(=O)C(=O)N[C@@H](CCCNC(=N)N)C(=O)N[C@H](Cc1ccc2ccccc2c1)C(N)=O. The summed E-state index contributed by atoms with van der Waals surface area (Å²) in [5.41, 5.74) is 11.7. The molecule has 15 heteroatoms. The highest BCUT2D eigenvalue weighted by molar-refractivity contribution is 6.39. The van der Waals surface area contributed by atoms with E-state index < -0.39 is 65.6 Å². The predicted octanol–water partition coefficient (Wildman–Crippen LogP) is 0.883. The number of hydrogen-bond acceptors (Lipinski definition) is 7. The van der Waals surface area contributed by atoms with Crippen molar-refractivity contribution in [1.29, 1.82) is 5.41 Å². The number of guanidine groups is 1. The molecule has 1 unspecified atom stereocenters. The number of Topliss-reactive ketones (excluding diaryl/α,β-unsaturated/α-hetero) is 1. The fourth-order valence-corrected chi connectivity index (χ4v) is 5.07. The Morgan fingerprint density at radius 3 is 2.06 bits per heavy atom. The number of hydrogen-bond donors (Lipinski definition) is 9. The third-order valence-corrected chi connectivity index (χ3v) is 7.86. The van der Waals surface area contributed by atoms with E-state index in [2.05, 4.69) is 26.6 Å². The van der Waals surface area contributed by atoms with Crippen molar-refractivity contribution in [2.45, 2.75) is 84.0 Å². The van der Waals surface area contributed by atoms with Crippen LogP contribution in [0.3, 0.4) is 0 Å².